The van der Waals surface area contributed by atoms with Crippen LogP contribution < -0.4 is 5.73 Å². The maximum atomic E-state index is 12.7. The molecule has 0 bridgehead atoms. The summed E-state index contributed by atoms with van der Waals surface area (Å²) in [4.78, 5) is 22.6. The summed E-state index contributed by atoms with van der Waals surface area (Å²) in [6, 6.07) is 0. The molecule has 0 rings (SSSR count). The lowest BCUT2D eigenvalue weighted by Crippen LogP contribution is -2.28. The van der Waals surface area contributed by atoms with Crippen molar-refractivity contribution in [3.63, 3.8) is 0 Å². The zero-order valence-corrected chi connectivity index (χ0v) is 40.7. The van der Waals surface area contributed by atoms with Gasteiger partial charge in [-0.3, -0.25) is 13.8 Å². The first kappa shape index (κ1) is 59.7. The Bertz CT molecular complexity index is 1220. The third-order valence-electron chi connectivity index (χ3n) is 10.3. The molecule has 2 atom stereocenters. The molecule has 62 heavy (non-hydrogen) atoms. The summed E-state index contributed by atoms with van der Waals surface area (Å²) in [6.45, 7) is 4.72. The number of hydrogen-bond donors (Lipinski definition) is 2. The zero-order valence-electron chi connectivity index (χ0n) is 39.8. The number of phosphoric ester groups is 1. The highest BCUT2D eigenvalue weighted by Gasteiger charge is 2.25. The summed E-state index contributed by atoms with van der Waals surface area (Å²) in [5.74, 6) is -0.346. The van der Waals surface area contributed by atoms with E-state index in [2.05, 4.69) is 98.9 Å². The highest BCUT2D eigenvalue weighted by molar-refractivity contribution is 7.47. The minimum Gasteiger partial charge on any atom is -0.457 e. The van der Waals surface area contributed by atoms with Gasteiger partial charge in [0.25, 0.3) is 0 Å². The van der Waals surface area contributed by atoms with Crippen LogP contribution in [0.5, 0.6) is 0 Å². The van der Waals surface area contributed by atoms with Gasteiger partial charge in [0.2, 0.25) is 0 Å². The van der Waals surface area contributed by atoms with Crippen LogP contribution in [0.15, 0.2) is 85.1 Å². The number of esters is 1. The Morgan fingerprint density at radius 2 is 0.903 bits per heavy atom. The van der Waals surface area contributed by atoms with Gasteiger partial charge in [0.05, 0.1) is 19.8 Å². The Kier molecular flexibility index (Phi) is 47.8. The summed E-state index contributed by atoms with van der Waals surface area (Å²) in [7, 11) is -4.30. The van der Waals surface area contributed by atoms with E-state index < -0.39 is 13.9 Å². The molecule has 0 fully saturated rings. The molecule has 0 spiro atoms. The molecule has 0 aromatic heterocycles. The van der Waals surface area contributed by atoms with E-state index in [1.54, 1.807) is 0 Å². The minimum atomic E-state index is -4.30. The second kappa shape index (κ2) is 49.7. The maximum absolute atomic E-state index is 12.7. The lowest BCUT2D eigenvalue weighted by atomic mass is 10.1. The summed E-state index contributed by atoms with van der Waals surface area (Å²) >= 11 is 0. The van der Waals surface area contributed by atoms with Crippen molar-refractivity contribution in [2.45, 2.75) is 213 Å². The summed E-state index contributed by atoms with van der Waals surface area (Å²) in [5.41, 5.74) is 5.38. The van der Waals surface area contributed by atoms with Gasteiger partial charge in [0, 0.05) is 19.6 Å². The van der Waals surface area contributed by atoms with Crippen molar-refractivity contribution < 1.29 is 32.8 Å². The summed E-state index contributed by atoms with van der Waals surface area (Å²) < 4.78 is 33.5. The average Bonchev–Trinajstić information content (AvgIpc) is 3.26. The molecule has 0 aliphatic heterocycles. The molecule has 358 valence electrons. The Balaban J connectivity index is 4.05. The molecular weight excluding hydrogens is 794 g/mol. The first-order chi connectivity index (χ1) is 30.4. The van der Waals surface area contributed by atoms with Gasteiger partial charge in [-0.15, -0.1) is 0 Å². The van der Waals surface area contributed by atoms with Crippen molar-refractivity contribution in [1.29, 1.82) is 0 Å². The van der Waals surface area contributed by atoms with E-state index in [1.165, 1.54) is 103 Å². The second-order valence-electron chi connectivity index (χ2n) is 16.3. The van der Waals surface area contributed by atoms with Crippen molar-refractivity contribution in [3.8, 4) is 0 Å². The lowest BCUT2D eigenvalue weighted by molar-refractivity contribution is -0.154. The maximum Gasteiger partial charge on any atom is 0.472 e. The first-order valence-corrected chi connectivity index (χ1v) is 26.6. The molecule has 0 saturated carbocycles. The van der Waals surface area contributed by atoms with Gasteiger partial charge in [-0.25, -0.2) is 4.57 Å². The van der Waals surface area contributed by atoms with E-state index in [1.807, 2.05) is 0 Å². The summed E-state index contributed by atoms with van der Waals surface area (Å²) in [6.07, 6.45) is 64.7. The number of nitrogens with two attached hydrogens (primary N) is 1. The van der Waals surface area contributed by atoms with Crippen molar-refractivity contribution in [2.75, 3.05) is 33.0 Å². The van der Waals surface area contributed by atoms with Gasteiger partial charge in [-0.05, 0) is 89.9 Å². The third-order valence-corrected chi connectivity index (χ3v) is 11.3. The quantitative estimate of drug-likeness (QED) is 0.0269. The Labute approximate surface area is 381 Å². The second-order valence-corrected chi connectivity index (χ2v) is 17.7. The molecule has 3 N–H and O–H groups in total. The molecule has 0 aliphatic rings. The Hall–Kier alpha value is -2.32. The molecule has 0 aromatic carbocycles. The molecule has 9 heteroatoms. The third kappa shape index (κ3) is 48.7. The number of carbonyl (C=O) groups excluding carboxylic acids is 1. The number of unbranched alkanes of at least 4 members (excludes halogenated alkanes) is 20. The van der Waals surface area contributed by atoms with E-state index in [9.17, 15) is 14.3 Å². The molecule has 0 aromatic rings. The van der Waals surface area contributed by atoms with E-state index >= 15 is 0 Å². The van der Waals surface area contributed by atoms with Crippen molar-refractivity contribution in [3.05, 3.63) is 85.1 Å². The number of phosphoric acid groups is 1. The topological polar surface area (TPSA) is 117 Å². The average molecular weight is 888 g/mol. The van der Waals surface area contributed by atoms with E-state index in [-0.39, 0.29) is 32.3 Å². The van der Waals surface area contributed by atoms with Gasteiger partial charge in [0.15, 0.2) is 0 Å². The van der Waals surface area contributed by atoms with Gasteiger partial charge in [-0.1, -0.05) is 195 Å². The smallest absolute Gasteiger partial charge is 0.457 e. The van der Waals surface area contributed by atoms with Crippen molar-refractivity contribution >= 4 is 13.8 Å². The van der Waals surface area contributed by atoms with Gasteiger partial charge in [-0.2, -0.15) is 0 Å². The van der Waals surface area contributed by atoms with Crippen LogP contribution in [0.3, 0.4) is 0 Å². The molecule has 0 heterocycles. The lowest BCUT2D eigenvalue weighted by Gasteiger charge is -2.20. The fraction of sp³-hybridized carbons (Fsp3) is 0.717. The Morgan fingerprint density at radius 1 is 0.500 bits per heavy atom. The first-order valence-electron chi connectivity index (χ1n) is 25.1. The molecular formula is C53H94NO7P. The molecule has 2 unspecified atom stereocenters. The Morgan fingerprint density at radius 3 is 1.37 bits per heavy atom. The standard InChI is InChI=1S/C53H94NO7P/c1-3-5-7-9-11-13-15-17-19-21-23-25-27-29-31-33-35-37-39-41-43-45-48-58-50-52(51-60-62(56,57)59-49-47-54)61-53(55)46-44-42-40-38-36-34-32-30-28-26-24-22-20-18-16-14-12-10-8-6-4-2/h5,7,11,13,17,19,22-25,29,31,35,37,52H,3-4,6,8-10,12,14-16,18,20-21,26-28,30,32-34,36,38-51,54H2,1-2H3,(H,56,57)/b7-5-,13-11-,19-17-,24-22-,25-23-,31-29-,37-35-. The number of rotatable bonds is 47. The van der Waals surface area contributed by atoms with Gasteiger partial charge in [0.1, 0.15) is 6.10 Å². The normalized spacial score (nSPS) is 14.1. The number of ether oxygens (including phenoxy) is 2. The van der Waals surface area contributed by atoms with Crippen LogP contribution in [0.1, 0.15) is 206 Å². The molecule has 0 radical (unpaired) electrons. The molecule has 0 saturated heterocycles. The highest BCUT2D eigenvalue weighted by atomic mass is 31.2. The predicted octanol–water partition coefficient (Wildman–Crippen LogP) is 15.6. The molecule has 0 amide bonds. The predicted molar refractivity (Wildman–Crippen MR) is 265 cm³/mol. The largest absolute Gasteiger partial charge is 0.472 e. The van der Waals surface area contributed by atoms with Crippen LogP contribution >= 0.6 is 7.82 Å². The van der Waals surface area contributed by atoms with Crippen LogP contribution in [-0.2, 0) is 27.9 Å². The van der Waals surface area contributed by atoms with Crippen LogP contribution in [0.4, 0.5) is 0 Å². The molecule has 8 nitrogen and oxygen atoms in total. The van der Waals surface area contributed by atoms with Crippen molar-refractivity contribution in [2.24, 2.45) is 5.73 Å². The van der Waals surface area contributed by atoms with Gasteiger partial charge >= 0.3 is 13.8 Å². The molecule has 0 aliphatic carbocycles. The van der Waals surface area contributed by atoms with E-state index in [0.29, 0.717) is 13.0 Å². The van der Waals surface area contributed by atoms with Crippen LogP contribution in [-0.4, -0.2) is 49.9 Å². The highest BCUT2D eigenvalue weighted by Crippen LogP contribution is 2.43. The van der Waals surface area contributed by atoms with Crippen LogP contribution in [0.25, 0.3) is 0 Å². The minimum absolute atomic E-state index is 0.0887. The van der Waals surface area contributed by atoms with Crippen molar-refractivity contribution in [1.82, 2.24) is 0 Å². The van der Waals surface area contributed by atoms with E-state index in [4.69, 9.17) is 24.3 Å². The fourth-order valence-electron chi connectivity index (χ4n) is 6.64. The zero-order chi connectivity index (χ0) is 45.1. The summed E-state index contributed by atoms with van der Waals surface area (Å²) in [5, 5.41) is 0. The number of hydrogen-bond acceptors (Lipinski definition) is 7. The van der Waals surface area contributed by atoms with Crippen LogP contribution in [0, 0.1) is 0 Å². The SMILES string of the molecule is CC/C=C\C/C=C\C/C=C\C/C=C\C/C=C\C/C=C\CCCCCOCC(COP(=O)(O)OCCN)OC(=O)CCCCCCCCCCC/C=C\CCCCCCCCCC. The fourth-order valence-corrected chi connectivity index (χ4v) is 7.41. The number of allylic oxidation sites excluding steroid dienone is 14. The van der Waals surface area contributed by atoms with E-state index in [0.717, 1.165) is 83.5 Å². The van der Waals surface area contributed by atoms with Gasteiger partial charge < -0.3 is 20.1 Å². The van der Waals surface area contributed by atoms with Crippen LogP contribution in [0.2, 0.25) is 0 Å². The monoisotopic (exact) mass is 888 g/mol. The number of carbonyl (C=O) groups is 1.